The van der Waals surface area contributed by atoms with E-state index in [1.807, 2.05) is 39.0 Å². The van der Waals surface area contributed by atoms with Crippen molar-refractivity contribution in [3.05, 3.63) is 66.3 Å². The number of aryl methyl sites for hydroxylation is 2. The molecule has 176 valence electrons. The van der Waals surface area contributed by atoms with Crippen LogP contribution in [0.5, 0.6) is 0 Å². The van der Waals surface area contributed by atoms with Crippen LogP contribution in [-0.4, -0.2) is 19.9 Å². The van der Waals surface area contributed by atoms with Crippen molar-refractivity contribution in [1.29, 1.82) is 0 Å². The van der Waals surface area contributed by atoms with E-state index in [0.29, 0.717) is 34.1 Å². The second-order valence-electron chi connectivity index (χ2n) is 8.93. The van der Waals surface area contributed by atoms with Gasteiger partial charge in [-0.25, -0.2) is 9.78 Å². The second-order valence-corrected chi connectivity index (χ2v) is 9.93. The summed E-state index contributed by atoms with van der Waals surface area (Å²) in [5, 5.41) is 0.376. The molecule has 0 spiro atoms. The summed E-state index contributed by atoms with van der Waals surface area (Å²) in [6, 6.07) is 5.64. The van der Waals surface area contributed by atoms with Crippen LogP contribution < -0.4 is 17.0 Å². The van der Waals surface area contributed by atoms with Gasteiger partial charge >= 0.3 is 5.69 Å². The fraction of sp³-hybridized carbons (Fsp3) is 0.440. The molecule has 33 heavy (non-hydrogen) atoms. The molecule has 3 rings (SSSR count). The van der Waals surface area contributed by atoms with Gasteiger partial charge in [0, 0.05) is 19.2 Å². The van der Waals surface area contributed by atoms with Gasteiger partial charge in [-0.3, -0.25) is 18.7 Å². The second kappa shape index (κ2) is 9.87. The Hall–Kier alpha value is -3.00. The maximum Gasteiger partial charge on any atom is 0.332 e. The van der Waals surface area contributed by atoms with Crippen molar-refractivity contribution < 1.29 is 4.79 Å². The fourth-order valence-electron chi connectivity index (χ4n) is 3.69. The van der Waals surface area contributed by atoms with Crippen molar-refractivity contribution in [2.45, 2.75) is 60.4 Å². The highest BCUT2D eigenvalue weighted by Crippen LogP contribution is 2.32. The van der Waals surface area contributed by atoms with Gasteiger partial charge in [0.1, 0.15) is 16.4 Å². The summed E-state index contributed by atoms with van der Waals surface area (Å²) in [6.45, 7) is 10.5. The summed E-state index contributed by atoms with van der Waals surface area (Å²) < 4.78 is 2.49. The number of carbonyl (C=O) groups is 1. The number of carbonyl (C=O) groups excluding carboxylic acids is 1. The van der Waals surface area contributed by atoms with Crippen molar-refractivity contribution in [2.75, 3.05) is 5.73 Å². The highest BCUT2D eigenvalue weighted by Gasteiger charge is 2.25. The lowest BCUT2D eigenvalue weighted by Crippen LogP contribution is -2.40. The lowest BCUT2D eigenvalue weighted by atomic mass is 10.0. The van der Waals surface area contributed by atoms with E-state index in [2.05, 4.69) is 13.8 Å². The summed E-state index contributed by atoms with van der Waals surface area (Å²) in [5.74, 6) is 0.253. The first-order valence-electron chi connectivity index (χ1n) is 11.3. The van der Waals surface area contributed by atoms with E-state index >= 15 is 0 Å². The highest BCUT2D eigenvalue weighted by molar-refractivity contribution is 7.17. The Balaban J connectivity index is 2.21. The molecule has 0 atom stereocenters. The van der Waals surface area contributed by atoms with Crippen molar-refractivity contribution in [2.24, 2.45) is 13.0 Å². The topological polar surface area (TPSA) is 100.0 Å². The molecule has 0 amide bonds. The molecule has 0 saturated carbocycles. The SMILES string of the molecule is CCCCn1c(N)c(-c2nc(CC(C)C)c(C(=O)c3ccc(C)c(C)c3)s2)c(=O)n(C)c1=O. The fourth-order valence-corrected chi connectivity index (χ4v) is 4.79. The Kier molecular flexibility index (Phi) is 7.37. The average molecular weight is 469 g/mol. The summed E-state index contributed by atoms with van der Waals surface area (Å²) in [6.07, 6.45) is 2.24. The van der Waals surface area contributed by atoms with Gasteiger partial charge in [0.05, 0.1) is 10.6 Å². The van der Waals surface area contributed by atoms with Gasteiger partial charge in [0.2, 0.25) is 5.78 Å². The van der Waals surface area contributed by atoms with Gasteiger partial charge in [-0.05, 0) is 49.8 Å². The molecule has 0 aliphatic carbocycles. The van der Waals surface area contributed by atoms with E-state index in [4.69, 9.17) is 10.7 Å². The summed E-state index contributed by atoms with van der Waals surface area (Å²) in [5.41, 5.74) is 8.98. The van der Waals surface area contributed by atoms with Gasteiger partial charge in [-0.1, -0.05) is 39.3 Å². The van der Waals surface area contributed by atoms with Gasteiger partial charge in [0.15, 0.2) is 0 Å². The Morgan fingerprint density at radius 3 is 2.48 bits per heavy atom. The van der Waals surface area contributed by atoms with Crippen LogP contribution in [0.15, 0.2) is 27.8 Å². The van der Waals surface area contributed by atoms with Gasteiger partial charge in [-0.2, -0.15) is 0 Å². The smallest absolute Gasteiger partial charge is 0.332 e. The quantitative estimate of drug-likeness (QED) is 0.502. The van der Waals surface area contributed by atoms with Gasteiger partial charge in [-0.15, -0.1) is 11.3 Å². The number of thiazole rings is 1. The van der Waals surface area contributed by atoms with Crippen LogP contribution in [0, 0.1) is 19.8 Å². The number of unbranched alkanes of at least 4 members (excludes halogenated alkanes) is 1. The third-order valence-corrected chi connectivity index (χ3v) is 6.92. The first-order chi connectivity index (χ1) is 15.6. The van der Waals surface area contributed by atoms with E-state index in [1.54, 1.807) is 0 Å². The van der Waals surface area contributed by atoms with Crippen LogP contribution >= 0.6 is 11.3 Å². The minimum Gasteiger partial charge on any atom is -0.384 e. The largest absolute Gasteiger partial charge is 0.384 e. The zero-order valence-corrected chi connectivity index (χ0v) is 21.0. The molecule has 8 heteroatoms. The van der Waals surface area contributed by atoms with Crippen molar-refractivity contribution >= 4 is 22.9 Å². The lowest BCUT2D eigenvalue weighted by Gasteiger charge is -2.13. The zero-order chi connectivity index (χ0) is 24.4. The Morgan fingerprint density at radius 1 is 1.18 bits per heavy atom. The molecule has 0 unspecified atom stereocenters. The lowest BCUT2D eigenvalue weighted by molar-refractivity contribution is 0.104. The number of nitrogens with two attached hydrogens (primary N) is 1. The van der Waals surface area contributed by atoms with Crippen molar-refractivity contribution in [3.63, 3.8) is 0 Å². The number of hydrogen-bond donors (Lipinski definition) is 1. The van der Waals surface area contributed by atoms with Gasteiger partial charge in [0.25, 0.3) is 5.56 Å². The Bertz CT molecular complexity index is 1310. The molecule has 1 aromatic carbocycles. The molecule has 3 aromatic rings. The maximum absolute atomic E-state index is 13.5. The molecule has 0 aliphatic rings. The first-order valence-corrected chi connectivity index (χ1v) is 12.1. The summed E-state index contributed by atoms with van der Waals surface area (Å²) in [4.78, 5) is 44.4. The van der Waals surface area contributed by atoms with E-state index in [9.17, 15) is 14.4 Å². The average Bonchev–Trinajstić information content (AvgIpc) is 3.16. The van der Waals surface area contributed by atoms with Crippen LogP contribution in [0.4, 0.5) is 5.82 Å². The molecule has 0 saturated heterocycles. The number of aromatic nitrogens is 3. The number of hydrogen-bond acceptors (Lipinski definition) is 6. The molecular weight excluding hydrogens is 436 g/mol. The standard InChI is InChI=1S/C25H32N4O3S/c1-7-8-11-29-22(26)19(24(31)28(6)25(29)32)23-27-18(12-14(2)3)21(33-23)20(30)17-10-9-15(4)16(5)13-17/h9-10,13-14H,7-8,11-12,26H2,1-6H3. The molecule has 2 aromatic heterocycles. The Morgan fingerprint density at radius 2 is 1.88 bits per heavy atom. The minimum atomic E-state index is -0.500. The molecule has 7 nitrogen and oxygen atoms in total. The van der Waals surface area contributed by atoms with Crippen molar-refractivity contribution in [3.8, 4) is 10.6 Å². The zero-order valence-electron chi connectivity index (χ0n) is 20.2. The molecule has 0 bridgehead atoms. The normalized spacial score (nSPS) is 11.4. The number of ketones is 1. The van der Waals surface area contributed by atoms with Crippen LogP contribution in [0.1, 0.15) is 65.7 Å². The predicted molar refractivity (Wildman–Crippen MR) is 134 cm³/mol. The van der Waals surface area contributed by atoms with Crippen LogP contribution in [0.25, 0.3) is 10.6 Å². The Labute approximate surface area is 197 Å². The number of rotatable bonds is 8. The monoisotopic (exact) mass is 468 g/mol. The molecular formula is C25H32N4O3S. The van der Waals surface area contributed by atoms with Crippen LogP contribution in [-0.2, 0) is 20.0 Å². The molecule has 0 fully saturated rings. The maximum atomic E-state index is 13.5. The highest BCUT2D eigenvalue weighted by atomic mass is 32.1. The van der Waals surface area contributed by atoms with E-state index in [-0.39, 0.29) is 23.1 Å². The minimum absolute atomic E-state index is 0.103. The third-order valence-electron chi connectivity index (χ3n) is 5.81. The summed E-state index contributed by atoms with van der Waals surface area (Å²) in [7, 11) is 1.44. The first kappa shape index (κ1) is 24.6. The molecule has 2 N–H and O–H groups in total. The number of benzene rings is 1. The van der Waals surface area contributed by atoms with E-state index in [1.165, 1.54) is 23.0 Å². The molecule has 2 heterocycles. The molecule has 0 radical (unpaired) electrons. The predicted octanol–water partition coefficient (Wildman–Crippen LogP) is 4.10. The van der Waals surface area contributed by atoms with Crippen LogP contribution in [0.3, 0.4) is 0 Å². The number of nitrogens with zero attached hydrogens (tertiary/aromatic N) is 3. The van der Waals surface area contributed by atoms with Crippen LogP contribution in [0.2, 0.25) is 0 Å². The van der Waals surface area contributed by atoms with Crippen molar-refractivity contribution in [1.82, 2.24) is 14.1 Å². The van der Waals surface area contributed by atoms with Gasteiger partial charge < -0.3 is 5.73 Å². The molecule has 0 aliphatic heterocycles. The summed E-state index contributed by atoms with van der Waals surface area (Å²) >= 11 is 1.17. The number of anilines is 1. The third kappa shape index (κ3) is 4.85. The number of nitrogen functional groups attached to an aromatic ring is 1. The van der Waals surface area contributed by atoms with E-state index < -0.39 is 11.2 Å². The van der Waals surface area contributed by atoms with E-state index in [0.717, 1.165) is 28.5 Å².